The van der Waals surface area contributed by atoms with Gasteiger partial charge in [-0.25, -0.2) is 0 Å². The van der Waals surface area contributed by atoms with Crippen molar-refractivity contribution >= 4 is 11.8 Å². The maximum Gasteiger partial charge on any atom is 0.225 e. The lowest BCUT2D eigenvalue weighted by Gasteiger charge is -2.29. The van der Waals surface area contributed by atoms with E-state index in [0.29, 0.717) is 51.8 Å². The molecule has 1 saturated carbocycles. The first-order valence-corrected chi connectivity index (χ1v) is 12.1. The van der Waals surface area contributed by atoms with Crippen molar-refractivity contribution < 1.29 is 19.1 Å². The highest BCUT2D eigenvalue weighted by Gasteiger charge is 2.51. The number of nitrogens with one attached hydrogen (secondary N) is 1. The predicted octanol–water partition coefficient (Wildman–Crippen LogP) is 1.73. The van der Waals surface area contributed by atoms with Gasteiger partial charge in [0.15, 0.2) is 0 Å². The Labute approximate surface area is 190 Å². The molecule has 4 fully saturated rings. The molecule has 174 valence electrons. The Morgan fingerprint density at radius 3 is 2.66 bits per heavy atom. The summed E-state index contributed by atoms with van der Waals surface area (Å²) in [5.41, 5.74) is 2.61. The molecule has 0 spiro atoms. The highest BCUT2D eigenvalue weighted by molar-refractivity contribution is 5.78. The Morgan fingerprint density at radius 2 is 1.91 bits per heavy atom. The summed E-state index contributed by atoms with van der Waals surface area (Å²) in [6.07, 6.45) is 3.01. The monoisotopic (exact) mass is 441 g/mol. The summed E-state index contributed by atoms with van der Waals surface area (Å²) in [5.74, 6) is 0.735. The smallest absolute Gasteiger partial charge is 0.225 e. The molecule has 4 aliphatic rings. The molecule has 0 radical (unpaired) electrons. The number of aryl methyl sites for hydroxylation is 1. The lowest BCUT2D eigenvalue weighted by molar-refractivity contribution is -0.138. The van der Waals surface area contributed by atoms with Crippen molar-refractivity contribution in [3.05, 3.63) is 35.4 Å². The molecule has 7 heteroatoms. The van der Waals surface area contributed by atoms with E-state index in [1.54, 1.807) is 0 Å². The highest BCUT2D eigenvalue weighted by atomic mass is 16.5. The molecule has 0 aromatic heterocycles. The standard InChI is InChI=1S/C25H35N3O4/c1-17-4-2-3-5-18(17)14-28-15-19(12-23(29)26-20-6-7-20)25-21(28)16-32-22(25)13-24(30)27-8-10-31-11-9-27/h2-5,19-22,25H,6-16H2,1H3,(H,26,29)/t19-,21-,22+,25-/m1/s1. The van der Waals surface area contributed by atoms with Gasteiger partial charge in [0.25, 0.3) is 0 Å². The van der Waals surface area contributed by atoms with Gasteiger partial charge in [0.05, 0.1) is 32.3 Å². The van der Waals surface area contributed by atoms with Gasteiger partial charge in [0.1, 0.15) is 0 Å². The summed E-state index contributed by atoms with van der Waals surface area (Å²) in [7, 11) is 0. The van der Waals surface area contributed by atoms with Crippen LogP contribution in [0.15, 0.2) is 24.3 Å². The van der Waals surface area contributed by atoms with E-state index in [2.05, 4.69) is 41.4 Å². The van der Waals surface area contributed by atoms with Crippen LogP contribution in [-0.2, 0) is 25.6 Å². The Hall–Kier alpha value is -1.96. The van der Waals surface area contributed by atoms with Crippen LogP contribution < -0.4 is 5.32 Å². The number of hydrogen-bond donors (Lipinski definition) is 1. The third kappa shape index (κ3) is 4.85. The maximum atomic E-state index is 12.9. The van der Waals surface area contributed by atoms with Gasteiger partial charge < -0.3 is 19.7 Å². The number of nitrogens with zero attached hydrogens (tertiary/aromatic N) is 2. The van der Waals surface area contributed by atoms with Crippen LogP contribution in [0.4, 0.5) is 0 Å². The average Bonchev–Trinajstić information content (AvgIpc) is 3.41. The van der Waals surface area contributed by atoms with Gasteiger partial charge in [0.2, 0.25) is 11.8 Å². The van der Waals surface area contributed by atoms with Crippen LogP contribution in [0, 0.1) is 18.8 Å². The minimum absolute atomic E-state index is 0.115. The second-order valence-corrected chi connectivity index (χ2v) is 9.88. The van der Waals surface area contributed by atoms with Crippen LogP contribution >= 0.6 is 0 Å². The van der Waals surface area contributed by atoms with Crippen LogP contribution in [0.5, 0.6) is 0 Å². The first kappa shape index (κ1) is 21.9. The van der Waals surface area contributed by atoms with Crippen molar-refractivity contribution in [2.75, 3.05) is 39.5 Å². The number of carbonyl (C=O) groups excluding carboxylic acids is 2. The van der Waals surface area contributed by atoms with E-state index in [1.165, 1.54) is 11.1 Å². The summed E-state index contributed by atoms with van der Waals surface area (Å²) >= 11 is 0. The zero-order valence-corrected chi connectivity index (χ0v) is 19.0. The van der Waals surface area contributed by atoms with Crippen LogP contribution in [0.1, 0.15) is 36.8 Å². The molecule has 4 atom stereocenters. The number of hydrogen-bond acceptors (Lipinski definition) is 5. The molecule has 1 aromatic rings. The zero-order valence-electron chi connectivity index (χ0n) is 19.0. The number of likely N-dealkylation sites (tertiary alicyclic amines) is 1. The second kappa shape index (κ2) is 9.49. The van der Waals surface area contributed by atoms with Crippen molar-refractivity contribution in [1.82, 2.24) is 15.1 Å². The SMILES string of the molecule is Cc1ccccc1CN1C[C@@H](CC(=O)NC2CC2)[C@H]2[C@H](CC(=O)N3CCOCC3)OC[C@H]21. The molecular weight excluding hydrogens is 406 g/mol. The van der Waals surface area contributed by atoms with Crippen molar-refractivity contribution in [2.24, 2.45) is 11.8 Å². The number of ether oxygens (including phenoxy) is 2. The van der Waals surface area contributed by atoms with E-state index in [1.807, 2.05) is 4.90 Å². The van der Waals surface area contributed by atoms with Gasteiger partial charge in [-0.1, -0.05) is 24.3 Å². The molecule has 1 aromatic carbocycles. The lowest BCUT2D eigenvalue weighted by atomic mass is 9.84. The van der Waals surface area contributed by atoms with E-state index < -0.39 is 0 Å². The van der Waals surface area contributed by atoms with Gasteiger partial charge in [-0.15, -0.1) is 0 Å². The number of morpholine rings is 1. The van der Waals surface area contributed by atoms with Crippen LogP contribution in [-0.4, -0.2) is 79.3 Å². The summed E-state index contributed by atoms with van der Waals surface area (Å²) < 4.78 is 11.6. The van der Waals surface area contributed by atoms with E-state index in [9.17, 15) is 9.59 Å². The Kier molecular flexibility index (Phi) is 6.49. The van der Waals surface area contributed by atoms with Gasteiger partial charge in [-0.3, -0.25) is 14.5 Å². The topological polar surface area (TPSA) is 71.1 Å². The number of rotatable bonds is 7. The summed E-state index contributed by atoms with van der Waals surface area (Å²) in [6, 6.07) is 9.14. The first-order chi connectivity index (χ1) is 15.6. The third-order valence-electron chi connectivity index (χ3n) is 7.60. The molecule has 0 bridgehead atoms. The van der Waals surface area contributed by atoms with E-state index in [-0.39, 0.29) is 35.8 Å². The number of carbonyl (C=O) groups is 2. The molecular formula is C25H35N3O4. The minimum atomic E-state index is -0.115. The van der Waals surface area contributed by atoms with Crippen LogP contribution in [0.25, 0.3) is 0 Å². The van der Waals surface area contributed by atoms with Crippen molar-refractivity contribution in [3.8, 4) is 0 Å². The number of fused-ring (bicyclic) bond motifs is 1. The van der Waals surface area contributed by atoms with Crippen LogP contribution in [0.3, 0.4) is 0 Å². The predicted molar refractivity (Wildman–Crippen MR) is 120 cm³/mol. The van der Waals surface area contributed by atoms with E-state index in [0.717, 1.165) is 25.9 Å². The Balaban J connectivity index is 1.29. The summed E-state index contributed by atoms with van der Waals surface area (Å²) in [5, 5.41) is 3.15. The lowest BCUT2D eigenvalue weighted by Crippen LogP contribution is -2.43. The molecule has 3 heterocycles. The molecule has 3 aliphatic heterocycles. The quantitative estimate of drug-likeness (QED) is 0.698. The highest BCUT2D eigenvalue weighted by Crippen LogP contribution is 2.42. The normalized spacial score (nSPS) is 30.3. The van der Waals surface area contributed by atoms with Crippen molar-refractivity contribution in [2.45, 2.75) is 57.3 Å². The van der Waals surface area contributed by atoms with Crippen molar-refractivity contribution in [1.29, 1.82) is 0 Å². The minimum Gasteiger partial charge on any atom is -0.378 e. The van der Waals surface area contributed by atoms with Crippen LogP contribution in [0.2, 0.25) is 0 Å². The Morgan fingerprint density at radius 1 is 1.12 bits per heavy atom. The molecule has 7 nitrogen and oxygen atoms in total. The first-order valence-electron chi connectivity index (χ1n) is 12.1. The van der Waals surface area contributed by atoms with Gasteiger partial charge in [-0.2, -0.15) is 0 Å². The average molecular weight is 442 g/mol. The fourth-order valence-electron chi connectivity index (χ4n) is 5.67. The van der Waals surface area contributed by atoms with Gasteiger partial charge in [-0.05, 0) is 36.8 Å². The second-order valence-electron chi connectivity index (χ2n) is 9.88. The molecule has 5 rings (SSSR count). The van der Waals surface area contributed by atoms with E-state index in [4.69, 9.17) is 9.47 Å². The molecule has 0 unspecified atom stereocenters. The van der Waals surface area contributed by atoms with Gasteiger partial charge in [0, 0.05) is 50.6 Å². The molecule has 1 aliphatic carbocycles. The fourth-order valence-corrected chi connectivity index (χ4v) is 5.67. The largest absolute Gasteiger partial charge is 0.378 e. The fraction of sp³-hybridized carbons (Fsp3) is 0.680. The molecule has 2 amide bonds. The number of benzene rings is 1. The number of amides is 2. The van der Waals surface area contributed by atoms with Crippen molar-refractivity contribution in [3.63, 3.8) is 0 Å². The molecule has 1 N–H and O–H groups in total. The van der Waals surface area contributed by atoms with Gasteiger partial charge >= 0.3 is 0 Å². The Bertz CT molecular complexity index is 836. The summed E-state index contributed by atoms with van der Waals surface area (Å²) in [4.78, 5) is 30.0. The molecule has 32 heavy (non-hydrogen) atoms. The maximum absolute atomic E-state index is 12.9. The third-order valence-corrected chi connectivity index (χ3v) is 7.60. The molecule has 3 saturated heterocycles. The van der Waals surface area contributed by atoms with E-state index >= 15 is 0 Å². The zero-order chi connectivity index (χ0) is 22.1. The summed E-state index contributed by atoms with van der Waals surface area (Å²) in [6.45, 7) is 7.07.